The van der Waals surface area contributed by atoms with E-state index in [0.29, 0.717) is 3.57 Å². The van der Waals surface area contributed by atoms with Crippen molar-refractivity contribution < 1.29 is 13.6 Å². The van der Waals surface area contributed by atoms with Crippen molar-refractivity contribution in [2.24, 2.45) is 0 Å². The molecular formula is C12H14ClF2IN2O. The quantitative estimate of drug-likeness (QED) is 0.609. The van der Waals surface area contributed by atoms with E-state index in [-0.39, 0.29) is 29.9 Å². The van der Waals surface area contributed by atoms with Gasteiger partial charge >= 0.3 is 0 Å². The predicted molar refractivity (Wildman–Crippen MR) is 79.7 cm³/mol. The van der Waals surface area contributed by atoms with Crippen LogP contribution in [0, 0.1) is 15.2 Å². The monoisotopic (exact) mass is 402 g/mol. The first kappa shape index (κ1) is 16.6. The molecule has 2 rings (SSSR count). The van der Waals surface area contributed by atoms with Crippen molar-refractivity contribution >= 4 is 40.9 Å². The molecular weight excluding hydrogens is 388 g/mol. The zero-order valence-corrected chi connectivity index (χ0v) is 13.2. The second-order valence-corrected chi connectivity index (χ2v) is 5.47. The van der Waals surface area contributed by atoms with Crippen molar-refractivity contribution in [1.82, 2.24) is 10.2 Å². The molecule has 0 saturated carbocycles. The maximum absolute atomic E-state index is 13.2. The fourth-order valence-corrected chi connectivity index (χ4v) is 2.67. The van der Waals surface area contributed by atoms with Crippen LogP contribution in [0.5, 0.6) is 0 Å². The summed E-state index contributed by atoms with van der Waals surface area (Å²) in [7, 11) is 1.69. The van der Waals surface area contributed by atoms with Gasteiger partial charge in [-0.3, -0.25) is 4.79 Å². The van der Waals surface area contributed by atoms with Crippen LogP contribution in [0.3, 0.4) is 0 Å². The number of hydrogen-bond donors (Lipinski definition) is 1. The number of likely N-dealkylation sites (N-methyl/N-ethyl adjacent to an activating group) is 1. The lowest BCUT2D eigenvalue weighted by atomic mass is 10.1. The molecule has 3 nitrogen and oxygen atoms in total. The molecule has 7 heteroatoms. The average molecular weight is 403 g/mol. The van der Waals surface area contributed by atoms with Crippen LogP contribution in [0.2, 0.25) is 0 Å². The van der Waals surface area contributed by atoms with Gasteiger partial charge in [0.25, 0.3) is 5.91 Å². The summed E-state index contributed by atoms with van der Waals surface area (Å²) in [6.45, 7) is 1.61. The Labute approximate surface area is 130 Å². The molecule has 0 radical (unpaired) electrons. The standard InChI is InChI=1S/C12H13F2IN2O.ClH/c1-17(7-2-3-16-6-7)12(18)8-4-9(13)10(14)5-11(8)15;/h4-5,7,16H,2-3,6H2,1H3;1H. The zero-order chi connectivity index (χ0) is 13.3. The summed E-state index contributed by atoms with van der Waals surface area (Å²) in [4.78, 5) is 13.8. The number of carbonyl (C=O) groups excluding carboxylic acids is 1. The summed E-state index contributed by atoms with van der Waals surface area (Å²) in [5, 5.41) is 3.16. The van der Waals surface area contributed by atoms with Gasteiger partial charge in [-0.25, -0.2) is 8.78 Å². The fraction of sp³-hybridized carbons (Fsp3) is 0.417. The van der Waals surface area contributed by atoms with Crippen LogP contribution in [-0.2, 0) is 0 Å². The third-order valence-electron chi connectivity index (χ3n) is 3.14. The first-order valence-electron chi connectivity index (χ1n) is 5.63. The summed E-state index contributed by atoms with van der Waals surface area (Å²) in [5.41, 5.74) is 0.212. The molecule has 1 aromatic carbocycles. The molecule has 1 N–H and O–H groups in total. The molecule has 106 valence electrons. The topological polar surface area (TPSA) is 32.3 Å². The van der Waals surface area contributed by atoms with Gasteiger partial charge in [0.2, 0.25) is 0 Å². The molecule has 1 aromatic rings. The van der Waals surface area contributed by atoms with E-state index in [1.165, 1.54) is 0 Å². The molecule has 1 atom stereocenters. The van der Waals surface area contributed by atoms with Crippen LogP contribution in [0.15, 0.2) is 12.1 Å². The summed E-state index contributed by atoms with van der Waals surface area (Å²) in [5.74, 6) is -2.19. The second kappa shape index (κ2) is 6.81. The average Bonchev–Trinajstić information content (AvgIpc) is 2.85. The first-order valence-corrected chi connectivity index (χ1v) is 6.71. The number of nitrogens with zero attached hydrogens (tertiary/aromatic N) is 1. The number of benzene rings is 1. The molecule has 1 saturated heterocycles. The number of amides is 1. The molecule has 0 spiro atoms. The van der Waals surface area contributed by atoms with Crippen LogP contribution in [0.1, 0.15) is 16.8 Å². The molecule has 1 heterocycles. The van der Waals surface area contributed by atoms with E-state index in [2.05, 4.69) is 5.32 Å². The van der Waals surface area contributed by atoms with Gasteiger partial charge in [-0.15, -0.1) is 12.4 Å². The van der Waals surface area contributed by atoms with Gasteiger partial charge in [0.15, 0.2) is 11.6 Å². The molecule has 19 heavy (non-hydrogen) atoms. The molecule has 1 fully saturated rings. The van der Waals surface area contributed by atoms with Crippen molar-refractivity contribution in [3.8, 4) is 0 Å². The third-order valence-corrected chi connectivity index (χ3v) is 4.04. The van der Waals surface area contributed by atoms with Crippen LogP contribution in [-0.4, -0.2) is 37.0 Å². The molecule has 1 aliphatic heterocycles. The summed E-state index contributed by atoms with van der Waals surface area (Å²) in [6, 6.07) is 2.13. The highest BCUT2D eigenvalue weighted by Crippen LogP contribution is 2.20. The lowest BCUT2D eigenvalue weighted by Gasteiger charge is -2.24. The van der Waals surface area contributed by atoms with Crippen LogP contribution < -0.4 is 5.32 Å². The largest absolute Gasteiger partial charge is 0.337 e. The van der Waals surface area contributed by atoms with Crippen molar-refractivity contribution in [3.05, 3.63) is 32.9 Å². The Balaban J connectivity index is 0.00000180. The Hall–Kier alpha value is -0.470. The zero-order valence-electron chi connectivity index (χ0n) is 10.3. The van der Waals surface area contributed by atoms with E-state index in [1.54, 1.807) is 11.9 Å². The highest BCUT2D eigenvalue weighted by molar-refractivity contribution is 14.1. The van der Waals surface area contributed by atoms with Gasteiger partial charge in [-0.1, -0.05) is 0 Å². The van der Waals surface area contributed by atoms with Gasteiger partial charge < -0.3 is 10.2 Å². The first-order chi connectivity index (χ1) is 8.50. The number of rotatable bonds is 2. The summed E-state index contributed by atoms with van der Waals surface area (Å²) >= 11 is 1.84. The minimum atomic E-state index is -0.989. The van der Waals surface area contributed by atoms with E-state index < -0.39 is 11.6 Å². The highest BCUT2D eigenvalue weighted by Gasteiger charge is 2.26. The Bertz CT molecular complexity index is 481. The van der Waals surface area contributed by atoms with Crippen LogP contribution in [0.4, 0.5) is 8.78 Å². The Morgan fingerprint density at radius 2 is 2.05 bits per heavy atom. The van der Waals surface area contributed by atoms with Gasteiger partial charge in [0, 0.05) is 23.2 Å². The van der Waals surface area contributed by atoms with Gasteiger partial charge in [0.1, 0.15) is 0 Å². The number of nitrogens with one attached hydrogen (secondary N) is 1. The van der Waals surface area contributed by atoms with E-state index in [1.807, 2.05) is 22.6 Å². The Morgan fingerprint density at radius 3 is 2.63 bits per heavy atom. The maximum atomic E-state index is 13.2. The van der Waals surface area contributed by atoms with Crippen molar-refractivity contribution in [2.45, 2.75) is 12.5 Å². The number of hydrogen-bond acceptors (Lipinski definition) is 2. The predicted octanol–water partition coefficient (Wildman–Crippen LogP) is 2.43. The highest BCUT2D eigenvalue weighted by atomic mass is 127. The summed E-state index contributed by atoms with van der Waals surface area (Å²) in [6.07, 6.45) is 0.877. The smallest absolute Gasteiger partial charge is 0.255 e. The molecule has 0 bridgehead atoms. The number of carbonyl (C=O) groups is 1. The molecule has 0 aromatic heterocycles. The van der Waals surface area contributed by atoms with E-state index in [9.17, 15) is 13.6 Å². The number of halogens is 4. The maximum Gasteiger partial charge on any atom is 0.255 e. The summed E-state index contributed by atoms with van der Waals surface area (Å²) < 4.78 is 26.6. The SMILES string of the molecule is CN(C(=O)c1cc(F)c(F)cc1I)C1CCNC1.Cl. The van der Waals surface area contributed by atoms with Crippen molar-refractivity contribution in [2.75, 3.05) is 20.1 Å². The van der Waals surface area contributed by atoms with Crippen molar-refractivity contribution in [3.63, 3.8) is 0 Å². The van der Waals surface area contributed by atoms with Crippen molar-refractivity contribution in [1.29, 1.82) is 0 Å². The minimum Gasteiger partial charge on any atom is -0.337 e. The molecule has 0 aliphatic carbocycles. The van der Waals surface area contributed by atoms with E-state index in [4.69, 9.17) is 0 Å². The third kappa shape index (κ3) is 3.55. The lowest BCUT2D eigenvalue weighted by molar-refractivity contribution is 0.0742. The molecule has 1 unspecified atom stereocenters. The Kier molecular flexibility index (Phi) is 5.94. The fourth-order valence-electron chi connectivity index (χ4n) is 2.01. The minimum absolute atomic E-state index is 0. The van der Waals surface area contributed by atoms with Crippen LogP contribution in [0.25, 0.3) is 0 Å². The van der Waals surface area contributed by atoms with Gasteiger partial charge in [-0.05, 0) is 47.7 Å². The normalized spacial score (nSPS) is 18.0. The van der Waals surface area contributed by atoms with Crippen LogP contribution >= 0.6 is 35.0 Å². The van der Waals surface area contributed by atoms with E-state index >= 15 is 0 Å². The van der Waals surface area contributed by atoms with E-state index in [0.717, 1.165) is 31.6 Å². The lowest BCUT2D eigenvalue weighted by Crippen LogP contribution is -2.38. The Morgan fingerprint density at radius 1 is 1.42 bits per heavy atom. The molecule has 1 aliphatic rings. The van der Waals surface area contributed by atoms with Gasteiger partial charge in [-0.2, -0.15) is 0 Å². The van der Waals surface area contributed by atoms with Gasteiger partial charge in [0.05, 0.1) is 5.56 Å². The molecule has 1 amide bonds. The second-order valence-electron chi connectivity index (χ2n) is 4.31.